The van der Waals surface area contributed by atoms with Crippen LogP contribution in [0, 0.1) is 0 Å². The molecule has 2 aliphatic heterocycles. The van der Waals surface area contributed by atoms with Gasteiger partial charge in [0.25, 0.3) is 0 Å². The number of rotatable bonds is 3. The Hall–Kier alpha value is -1.10. The van der Waals surface area contributed by atoms with Gasteiger partial charge in [-0.25, -0.2) is 0 Å². The van der Waals surface area contributed by atoms with Gasteiger partial charge in [0.1, 0.15) is 12.7 Å². The van der Waals surface area contributed by atoms with Crippen LogP contribution in [0.15, 0.2) is 0 Å². The third-order valence-corrected chi connectivity index (χ3v) is 3.54. The van der Waals surface area contributed by atoms with Crippen molar-refractivity contribution < 1.29 is 19.1 Å². The quantitative estimate of drug-likeness (QED) is 0.681. The predicted molar refractivity (Wildman–Crippen MR) is 60.3 cm³/mol. The molecule has 2 heterocycles. The number of fused-ring (bicyclic) bond motifs is 1. The Morgan fingerprint density at radius 3 is 2.71 bits per heavy atom. The van der Waals surface area contributed by atoms with Crippen LogP contribution in [0.5, 0.6) is 0 Å². The van der Waals surface area contributed by atoms with Gasteiger partial charge < -0.3 is 9.47 Å². The first-order valence-corrected chi connectivity index (χ1v) is 6.14. The Balaban J connectivity index is 1.95. The van der Waals surface area contributed by atoms with Crippen LogP contribution in [0.4, 0.5) is 0 Å². The average molecular weight is 241 g/mol. The molecular formula is C12H19NO4. The Kier molecular flexibility index (Phi) is 3.66. The van der Waals surface area contributed by atoms with Gasteiger partial charge in [0.2, 0.25) is 0 Å². The van der Waals surface area contributed by atoms with Gasteiger partial charge in [-0.2, -0.15) is 0 Å². The number of carbonyl (C=O) groups excluding carboxylic acids is 2. The number of carbonyl (C=O) groups is 2. The van der Waals surface area contributed by atoms with Gasteiger partial charge in [-0.1, -0.05) is 0 Å². The van der Waals surface area contributed by atoms with Crippen molar-refractivity contribution in [3.05, 3.63) is 0 Å². The largest absolute Gasteiger partial charge is 0.464 e. The van der Waals surface area contributed by atoms with Crippen LogP contribution in [0.25, 0.3) is 0 Å². The smallest absolute Gasteiger partial charge is 0.302 e. The van der Waals surface area contributed by atoms with E-state index in [0.717, 1.165) is 25.8 Å². The fourth-order valence-corrected chi connectivity index (χ4v) is 2.95. The molecule has 0 spiro atoms. The maximum atomic E-state index is 11.0. The molecule has 96 valence electrons. The van der Waals surface area contributed by atoms with Crippen LogP contribution >= 0.6 is 0 Å². The van der Waals surface area contributed by atoms with Gasteiger partial charge in [0.15, 0.2) is 0 Å². The van der Waals surface area contributed by atoms with E-state index in [9.17, 15) is 9.59 Å². The third-order valence-electron chi connectivity index (χ3n) is 3.54. The molecule has 5 heteroatoms. The van der Waals surface area contributed by atoms with E-state index in [2.05, 4.69) is 4.90 Å². The number of hydrogen-bond donors (Lipinski definition) is 0. The molecule has 0 aromatic carbocycles. The van der Waals surface area contributed by atoms with Crippen molar-refractivity contribution in [3.8, 4) is 0 Å². The van der Waals surface area contributed by atoms with Gasteiger partial charge >= 0.3 is 11.9 Å². The second kappa shape index (κ2) is 5.04. The Morgan fingerprint density at radius 2 is 2.06 bits per heavy atom. The number of nitrogens with zero attached hydrogens (tertiary/aromatic N) is 1. The highest BCUT2D eigenvalue weighted by atomic mass is 16.5. The summed E-state index contributed by atoms with van der Waals surface area (Å²) in [6, 6.07) is 0.523. The molecule has 0 aromatic heterocycles. The topological polar surface area (TPSA) is 55.8 Å². The third kappa shape index (κ3) is 2.77. The van der Waals surface area contributed by atoms with E-state index in [-0.39, 0.29) is 24.1 Å². The van der Waals surface area contributed by atoms with Gasteiger partial charge in [0.05, 0.1) is 0 Å². The molecular weight excluding hydrogens is 222 g/mol. The molecule has 2 saturated heterocycles. The second-order valence-corrected chi connectivity index (χ2v) is 4.79. The zero-order valence-electron chi connectivity index (χ0n) is 10.3. The van der Waals surface area contributed by atoms with Crippen molar-refractivity contribution in [3.63, 3.8) is 0 Å². The van der Waals surface area contributed by atoms with Crippen LogP contribution in [-0.2, 0) is 19.1 Å². The second-order valence-electron chi connectivity index (χ2n) is 4.79. The van der Waals surface area contributed by atoms with E-state index in [0.29, 0.717) is 12.6 Å². The van der Waals surface area contributed by atoms with E-state index >= 15 is 0 Å². The first kappa shape index (κ1) is 12.4. The summed E-state index contributed by atoms with van der Waals surface area (Å²) in [5.74, 6) is -0.480. The van der Waals surface area contributed by atoms with Gasteiger partial charge in [0, 0.05) is 32.4 Å². The van der Waals surface area contributed by atoms with Crippen molar-refractivity contribution in [2.45, 2.75) is 51.3 Å². The maximum Gasteiger partial charge on any atom is 0.302 e. The van der Waals surface area contributed by atoms with E-state index in [4.69, 9.17) is 9.47 Å². The van der Waals surface area contributed by atoms with Crippen molar-refractivity contribution in [1.82, 2.24) is 4.90 Å². The molecule has 0 N–H and O–H groups in total. The van der Waals surface area contributed by atoms with Crippen molar-refractivity contribution >= 4 is 11.9 Å². The molecule has 0 amide bonds. The fourth-order valence-electron chi connectivity index (χ4n) is 2.95. The zero-order valence-corrected chi connectivity index (χ0v) is 10.3. The fraction of sp³-hybridized carbons (Fsp3) is 0.833. The molecule has 0 aliphatic carbocycles. The lowest BCUT2D eigenvalue weighted by Gasteiger charge is -2.23. The van der Waals surface area contributed by atoms with E-state index < -0.39 is 0 Å². The van der Waals surface area contributed by atoms with Gasteiger partial charge in [-0.05, 0) is 19.4 Å². The molecule has 0 radical (unpaired) electrons. The lowest BCUT2D eigenvalue weighted by molar-refractivity contribution is -0.147. The number of hydrogen-bond acceptors (Lipinski definition) is 5. The van der Waals surface area contributed by atoms with Gasteiger partial charge in [-0.3, -0.25) is 14.5 Å². The minimum atomic E-state index is -0.253. The minimum absolute atomic E-state index is 0.0319. The molecule has 0 bridgehead atoms. The number of ether oxygens (including phenoxy) is 2. The van der Waals surface area contributed by atoms with Crippen LogP contribution in [0.3, 0.4) is 0 Å². The van der Waals surface area contributed by atoms with E-state index in [1.54, 1.807) is 0 Å². The summed E-state index contributed by atoms with van der Waals surface area (Å²) in [5.41, 5.74) is 0. The summed E-state index contributed by atoms with van der Waals surface area (Å²) >= 11 is 0. The minimum Gasteiger partial charge on any atom is -0.464 e. The standard InChI is InChI=1S/C12H19NO4/c1-8(14)16-7-10-6-12(17-9(2)15)11-4-3-5-13(10)11/h10-12H,3-7H2,1-2H3/t10-,11+,12-/m1/s1. The van der Waals surface area contributed by atoms with Crippen molar-refractivity contribution in [2.75, 3.05) is 13.2 Å². The van der Waals surface area contributed by atoms with Crippen LogP contribution in [0.2, 0.25) is 0 Å². The number of esters is 2. The summed E-state index contributed by atoms with van der Waals surface area (Å²) in [4.78, 5) is 24.2. The lowest BCUT2D eigenvalue weighted by Crippen LogP contribution is -2.36. The molecule has 3 atom stereocenters. The molecule has 2 fully saturated rings. The average Bonchev–Trinajstić information content (AvgIpc) is 2.78. The molecule has 2 aliphatic rings. The Morgan fingerprint density at radius 1 is 1.29 bits per heavy atom. The summed E-state index contributed by atoms with van der Waals surface area (Å²) in [6.07, 6.45) is 2.93. The van der Waals surface area contributed by atoms with Gasteiger partial charge in [-0.15, -0.1) is 0 Å². The van der Waals surface area contributed by atoms with Crippen LogP contribution in [0.1, 0.15) is 33.1 Å². The summed E-state index contributed by atoms with van der Waals surface area (Å²) in [6.45, 7) is 4.27. The van der Waals surface area contributed by atoms with E-state index in [1.807, 2.05) is 0 Å². The molecule has 2 rings (SSSR count). The first-order valence-electron chi connectivity index (χ1n) is 6.14. The van der Waals surface area contributed by atoms with Crippen molar-refractivity contribution in [1.29, 1.82) is 0 Å². The van der Waals surface area contributed by atoms with E-state index in [1.165, 1.54) is 13.8 Å². The molecule has 0 aromatic rings. The highest BCUT2D eigenvalue weighted by Gasteiger charge is 2.45. The predicted octanol–water partition coefficient (Wildman–Crippen LogP) is 0.718. The monoisotopic (exact) mass is 241 g/mol. The van der Waals surface area contributed by atoms with Crippen molar-refractivity contribution in [2.24, 2.45) is 0 Å². The lowest BCUT2D eigenvalue weighted by atomic mass is 10.1. The SMILES string of the molecule is CC(=O)OC[C@H]1C[C@@H](OC(C)=O)[C@@H]2CCCN12. The Bertz CT molecular complexity index is 318. The summed E-state index contributed by atoms with van der Waals surface area (Å²) in [5, 5.41) is 0. The molecule has 0 saturated carbocycles. The highest BCUT2D eigenvalue weighted by molar-refractivity contribution is 5.66. The van der Waals surface area contributed by atoms with Crippen LogP contribution < -0.4 is 0 Å². The molecule has 5 nitrogen and oxygen atoms in total. The maximum absolute atomic E-state index is 11.0. The first-order chi connectivity index (χ1) is 8.08. The van der Waals surface area contributed by atoms with Crippen LogP contribution in [-0.4, -0.2) is 48.2 Å². The summed E-state index contributed by atoms with van der Waals surface area (Å²) in [7, 11) is 0. The normalized spacial score (nSPS) is 32.2. The zero-order chi connectivity index (χ0) is 12.4. The molecule has 0 unspecified atom stereocenters. The summed E-state index contributed by atoms with van der Waals surface area (Å²) < 4.78 is 10.4. The Labute approximate surface area is 101 Å². The molecule has 17 heavy (non-hydrogen) atoms. The highest BCUT2D eigenvalue weighted by Crippen LogP contribution is 2.34.